The molecule has 1 heterocycles. The number of nitrogens with zero attached hydrogens (tertiary/aromatic N) is 1. The zero-order chi connectivity index (χ0) is 20.7. The van der Waals surface area contributed by atoms with Crippen molar-refractivity contribution in [2.75, 3.05) is 21.9 Å². The fourth-order valence-electron chi connectivity index (χ4n) is 2.89. The van der Waals surface area contributed by atoms with Gasteiger partial charge in [0, 0.05) is 29.7 Å². The number of amides is 1. The molecule has 0 atom stereocenters. The van der Waals surface area contributed by atoms with Gasteiger partial charge in [0.25, 0.3) is 11.8 Å². The minimum Gasteiger partial charge on any atom is -0.322 e. The van der Waals surface area contributed by atoms with Gasteiger partial charge in [-0.15, -0.1) is 0 Å². The largest absolute Gasteiger partial charge is 0.322 e. The Labute approximate surface area is 171 Å². The minimum atomic E-state index is -3.42. The Kier molecular flexibility index (Phi) is 5.58. The normalized spacial score (nSPS) is 16.2. The fraction of sp³-hybridized carbons (Fsp3) is 0.278. The van der Waals surface area contributed by atoms with Gasteiger partial charge in [0.1, 0.15) is 0 Å². The first-order chi connectivity index (χ1) is 13.0. The van der Waals surface area contributed by atoms with Crippen LogP contribution in [0.5, 0.6) is 0 Å². The van der Waals surface area contributed by atoms with Crippen LogP contribution in [0.15, 0.2) is 36.4 Å². The molecule has 0 aromatic heterocycles. The number of carbonyl (C=O) groups excluding carboxylic acids is 1. The van der Waals surface area contributed by atoms with Crippen LogP contribution in [0, 0.1) is 0 Å². The number of benzene rings is 2. The summed E-state index contributed by atoms with van der Waals surface area (Å²) in [7, 11) is -3.42. The second kappa shape index (κ2) is 7.50. The number of halogens is 4. The van der Waals surface area contributed by atoms with Crippen LogP contribution in [0.1, 0.15) is 29.3 Å². The van der Waals surface area contributed by atoms with E-state index in [2.05, 4.69) is 5.32 Å². The SMILES string of the molecule is CC(F)(F)c1cc(Cl)cc(NC(=O)c2cc(N3CCCS3(=O)=O)ccc2Cl)c1. The molecule has 1 aliphatic heterocycles. The number of hydrogen-bond acceptors (Lipinski definition) is 3. The summed E-state index contributed by atoms with van der Waals surface area (Å²) in [5.41, 5.74) is 0.0626. The molecule has 1 fully saturated rings. The predicted octanol–water partition coefficient (Wildman–Crippen LogP) is 4.90. The molecular weight excluding hydrogens is 433 g/mol. The predicted molar refractivity (Wildman–Crippen MR) is 106 cm³/mol. The third-order valence-corrected chi connectivity index (χ3v) is 6.66. The number of alkyl halides is 2. The Morgan fingerprint density at radius 1 is 1.18 bits per heavy atom. The zero-order valence-corrected chi connectivity index (χ0v) is 17.0. The number of anilines is 2. The Morgan fingerprint density at radius 2 is 1.89 bits per heavy atom. The van der Waals surface area contributed by atoms with E-state index in [4.69, 9.17) is 23.2 Å². The van der Waals surface area contributed by atoms with Gasteiger partial charge in [-0.05, 0) is 42.8 Å². The van der Waals surface area contributed by atoms with Gasteiger partial charge in [-0.3, -0.25) is 9.10 Å². The highest BCUT2D eigenvalue weighted by Gasteiger charge is 2.29. The number of nitrogens with one attached hydrogen (secondary N) is 1. The van der Waals surface area contributed by atoms with Crippen LogP contribution < -0.4 is 9.62 Å². The molecule has 0 radical (unpaired) electrons. The lowest BCUT2D eigenvalue weighted by Gasteiger charge is -2.18. The molecule has 0 bridgehead atoms. The first-order valence-electron chi connectivity index (χ1n) is 8.27. The van der Waals surface area contributed by atoms with Gasteiger partial charge in [0.2, 0.25) is 10.0 Å². The summed E-state index contributed by atoms with van der Waals surface area (Å²) in [4.78, 5) is 12.6. The number of hydrogen-bond donors (Lipinski definition) is 1. The maximum Gasteiger partial charge on any atom is 0.270 e. The van der Waals surface area contributed by atoms with Gasteiger partial charge >= 0.3 is 0 Å². The molecule has 2 aromatic rings. The first-order valence-corrected chi connectivity index (χ1v) is 10.6. The summed E-state index contributed by atoms with van der Waals surface area (Å²) < 4.78 is 52.6. The summed E-state index contributed by atoms with van der Waals surface area (Å²) in [5, 5.41) is 2.62. The highest BCUT2D eigenvalue weighted by molar-refractivity contribution is 7.93. The van der Waals surface area contributed by atoms with Crippen molar-refractivity contribution in [1.82, 2.24) is 0 Å². The molecule has 1 amide bonds. The molecule has 10 heteroatoms. The van der Waals surface area contributed by atoms with E-state index in [0.717, 1.165) is 19.1 Å². The fourth-order valence-corrected chi connectivity index (χ4v) is 4.88. The van der Waals surface area contributed by atoms with Crippen molar-refractivity contribution in [1.29, 1.82) is 0 Å². The van der Waals surface area contributed by atoms with E-state index in [0.29, 0.717) is 18.7 Å². The quantitative estimate of drug-likeness (QED) is 0.723. The lowest BCUT2D eigenvalue weighted by Crippen LogP contribution is -2.25. The highest BCUT2D eigenvalue weighted by Crippen LogP contribution is 2.33. The van der Waals surface area contributed by atoms with E-state index in [9.17, 15) is 22.0 Å². The molecule has 0 spiro atoms. The van der Waals surface area contributed by atoms with Crippen molar-refractivity contribution < 1.29 is 22.0 Å². The van der Waals surface area contributed by atoms with Crippen LogP contribution in [-0.4, -0.2) is 26.6 Å². The van der Waals surface area contributed by atoms with Gasteiger partial charge in [-0.2, -0.15) is 0 Å². The van der Waals surface area contributed by atoms with E-state index in [1.807, 2.05) is 0 Å². The van der Waals surface area contributed by atoms with Crippen LogP contribution in [0.4, 0.5) is 20.2 Å². The molecule has 28 heavy (non-hydrogen) atoms. The smallest absolute Gasteiger partial charge is 0.270 e. The molecule has 0 saturated carbocycles. The molecule has 5 nitrogen and oxygen atoms in total. The van der Waals surface area contributed by atoms with Crippen molar-refractivity contribution in [3.8, 4) is 0 Å². The highest BCUT2D eigenvalue weighted by atomic mass is 35.5. The molecule has 1 saturated heterocycles. The summed E-state index contributed by atoms with van der Waals surface area (Å²) in [6.07, 6.45) is 0.489. The lowest BCUT2D eigenvalue weighted by atomic mass is 10.1. The molecule has 0 aliphatic carbocycles. The number of rotatable bonds is 4. The van der Waals surface area contributed by atoms with Crippen LogP contribution >= 0.6 is 23.2 Å². The van der Waals surface area contributed by atoms with Crippen LogP contribution in [0.2, 0.25) is 10.0 Å². The van der Waals surface area contributed by atoms with Crippen LogP contribution in [0.3, 0.4) is 0 Å². The molecule has 1 N–H and O–H groups in total. The molecular formula is C18H16Cl2F2N2O3S. The Hall–Kier alpha value is -1.90. The third kappa shape index (κ3) is 4.39. The van der Waals surface area contributed by atoms with Crippen molar-refractivity contribution in [2.24, 2.45) is 0 Å². The van der Waals surface area contributed by atoms with Crippen LogP contribution in [-0.2, 0) is 15.9 Å². The maximum atomic E-state index is 13.6. The number of carbonyl (C=O) groups is 1. The zero-order valence-electron chi connectivity index (χ0n) is 14.7. The van der Waals surface area contributed by atoms with Gasteiger partial charge in [0.15, 0.2) is 0 Å². The van der Waals surface area contributed by atoms with Crippen molar-refractivity contribution in [3.05, 3.63) is 57.6 Å². The van der Waals surface area contributed by atoms with E-state index in [-0.39, 0.29) is 32.6 Å². The van der Waals surface area contributed by atoms with Gasteiger partial charge in [-0.1, -0.05) is 23.2 Å². The average molecular weight is 449 g/mol. The Morgan fingerprint density at radius 3 is 2.50 bits per heavy atom. The Balaban J connectivity index is 1.91. The topological polar surface area (TPSA) is 66.5 Å². The molecule has 1 aliphatic rings. The van der Waals surface area contributed by atoms with E-state index < -0.39 is 21.9 Å². The minimum absolute atomic E-state index is 0.0195. The van der Waals surface area contributed by atoms with E-state index >= 15 is 0 Å². The molecule has 2 aromatic carbocycles. The summed E-state index contributed by atoms with van der Waals surface area (Å²) in [6.45, 7) is 1.04. The van der Waals surface area contributed by atoms with E-state index in [1.165, 1.54) is 28.6 Å². The van der Waals surface area contributed by atoms with Crippen LogP contribution in [0.25, 0.3) is 0 Å². The average Bonchev–Trinajstić information content (AvgIpc) is 2.93. The lowest BCUT2D eigenvalue weighted by molar-refractivity contribution is 0.0175. The van der Waals surface area contributed by atoms with Crippen molar-refractivity contribution in [3.63, 3.8) is 0 Å². The number of sulfonamides is 1. The maximum absolute atomic E-state index is 13.6. The standard InChI is InChI=1S/C18H16Cl2F2N2O3S/c1-18(21,22)11-7-12(19)9-13(8-11)23-17(25)15-10-14(3-4-16(15)20)24-5-2-6-28(24,26)27/h3-4,7-10H,2,5-6H2,1H3,(H,23,25). The summed E-state index contributed by atoms with van der Waals surface area (Å²) in [6, 6.07) is 7.85. The van der Waals surface area contributed by atoms with Crippen molar-refractivity contribution in [2.45, 2.75) is 19.3 Å². The van der Waals surface area contributed by atoms with Gasteiger partial charge < -0.3 is 5.32 Å². The monoisotopic (exact) mass is 448 g/mol. The summed E-state index contributed by atoms with van der Waals surface area (Å²) >= 11 is 12.0. The second-order valence-corrected chi connectivity index (χ2v) is 9.33. The Bertz CT molecular complexity index is 1040. The van der Waals surface area contributed by atoms with E-state index in [1.54, 1.807) is 0 Å². The van der Waals surface area contributed by atoms with Crippen molar-refractivity contribution >= 4 is 50.5 Å². The second-order valence-electron chi connectivity index (χ2n) is 6.48. The first kappa shape index (κ1) is 20.8. The third-order valence-electron chi connectivity index (χ3n) is 4.24. The molecule has 150 valence electrons. The summed E-state index contributed by atoms with van der Waals surface area (Å²) in [5.74, 6) is -3.77. The molecule has 3 rings (SSSR count). The van der Waals surface area contributed by atoms with Gasteiger partial charge in [0.05, 0.1) is 22.0 Å². The van der Waals surface area contributed by atoms with Gasteiger partial charge in [-0.25, -0.2) is 17.2 Å². The molecule has 0 unspecified atom stereocenters.